The summed E-state index contributed by atoms with van der Waals surface area (Å²) in [6.45, 7) is 0. The van der Waals surface area contributed by atoms with Crippen molar-refractivity contribution in [2.24, 2.45) is 0 Å². The lowest BCUT2D eigenvalue weighted by Gasteiger charge is -2.11. The van der Waals surface area contributed by atoms with Gasteiger partial charge in [0.25, 0.3) is 0 Å². The van der Waals surface area contributed by atoms with Crippen LogP contribution in [-0.4, -0.2) is 21.0 Å². The zero-order valence-corrected chi connectivity index (χ0v) is 10.4. The van der Waals surface area contributed by atoms with Crippen molar-refractivity contribution in [3.63, 3.8) is 0 Å². The van der Waals surface area contributed by atoms with Gasteiger partial charge in [0.15, 0.2) is 5.69 Å². The fraction of sp³-hybridized carbons (Fsp3) is 0.0833. The lowest BCUT2D eigenvalue weighted by Crippen LogP contribution is -2.17. The minimum Gasteiger partial charge on any atom is -0.478 e. The Morgan fingerprint density at radius 2 is 1.73 bits per heavy atom. The second kappa shape index (κ2) is 5.54. The Balaban J connectivity index is 2.42. The summed E-state index contributed by atoms with van der Waals surface area (Å²) < 4.78 is 64.2. The van der Waals surface area contributed by atoms with Gasteiger partial charge in [-0.3, -0.25) is 0 Å². The van der Waals surface area contributed by atoms with Gasteiger partial charge < -0.3 is 10.4 Å². The first-order chi connectivity index (χ1) is 10.2. The maximum Gasteiger partial charge on any atom is 0.434 e. The van der Waals surface area contributed by atoms with E-state index in [1.54, 1.807) is 0 Å². The van der Waals surface area contributed by atoms with Crippen molar-refractivity contribution in [1.29, 1.82) is 0 Å². The predicted octanol–water partition coefficient (Wildman–Crippen LogP) is 3.22. The summed E-state index contributed by atoms with van der Waals surface area (Å²) in [5, 5.41) is 10.9. The minimum absolute atomic E-state index is 0.228. The van der Waals surface area contributed by atoms with Crippen molar-refractivity contribution < 1.29 is 31.9 Å². The van der Waals surface area contributed by atoms with Gasteiger partial charge in [0.05, 0.1) is 0 Å². The summed E-state index contributed by atoms with van der Waals surface area (Å²) in [4.78, 5) is 17.2. The molecule has 0 spiro atoms. The van der Waals surface area contributed by atoms with Gasteiger partial charge in [-0.05, 0) is 12.1 Å². The molecule has 10 heteroatoms. The van der Waals surface area contributed by atoms with Crippen LogP contribution in [0.4, 0.5) is 33.6 Å². The van der Waals surface area contributed by atoms with Gasteiger partial charge in [0.2, 0.25) is 5.95 Å². The molecule has 2 rings (SSSR count). The number of hydrogen-bond acceptors (Lipinski definition) is 4. The van der Waals surface area contributed by atoms with E-state index in [1.807, 2.05) is 0 Å². The monoisotopic (exact) mass is 319 g/mol. The standard InChI is InChI=1S/C12H6F5N3O2/c13-5-1-6(14)3-7(2-5)19-11-18-4-8(10(21)22)9(20-11)12(15,16)17/h1-4H,(H,21,22)(H,18,19,20). The van der Waals surface area contributed by atoms with Crippen LogP contribution in [0.2, 0.25) is 0 Å². The highest BCUT2D eigenvalue weighted by Crippen LogP contribution is 2.31. The van der Waals surface area contributed by atoms with Crippen LogP contribution in [0.15, 0.2) is 24.4 Å². The maximum atomic E-state index is 13.0. The van der Waals surface area contributed by atoms with Gasteiger partial charge in [-0.2, -0.15) is 13.2 Å². The number of carboxylic acid groups (broad SMARTS) is 1. The van der Waals surface area contributed by atoms with Crippen molar-refractivity contribution in [3.05, 3.63) is 47.3 Å². The summed E-state index contributed by atoms with van der Waals surface area (Å²) in [6.07, 6.45) is -4.57. The molecular weight excluding hydrogens is 313 g/mol. The molecule has 116 valence electrons. The molecule has 0 saturated heterocycles. The second-order valence-electron chi connectivity index (χ2n) is 4.04. The molecule has 0 atom stereocenters. The van der Waals surface area contributed by atoms with Crippen LogP contribution in [0.1, 0.15) is 16.1 Å². The molecule has 1 aromatic carbocycles. The van der Waals surface area contributed by atoms with Gasteiger partial charge >= 0.3 is 12.1 Å². The highest BCUT2D eigenvalue weighted by atomic mass is 19.4. The van der Waals surface area contributed by atoms with Crippen LogP contribution in [0.25, 0.3) is 0 Å². The molecule has 0 aliphatic rings. The number of aromatic nitrogens is 2. The number of aromatic carboxylic acids is 1. The Morgan fingerprint density at radius 3 is 2.23 bits per heavy atom. The number of halogens is 5. The first-order valence-corrected chi connectivity index (χ1v) is 5.57. The van der Waals surface area contributed by atoms with Gasteiger partial charge in [-0.25, -0.2) is 23.5 Å². The minimum atomic E-state index is -5.03. The van der Waals surface area contributed by atoms with Gasteiger partial charge in [0, 0.05) is 18.0 Å². The third kappa shape index (κ3) is 3.45. The van der Waals surface area contributed by atoms with Crippen LogP contribution in [0.5, 0.6) is 0 Å². The fourth-order valence-electron chi connectivity index (χ4n) is 1.57. The van der Waals surface area contributed by atoms with E-state index >= 15 is 0 Å². The number of nitrogens with zero attached hydrogens (tertiary/aromatic N) is 2. The Kier molecular flexibility index (Phi) is 3.93. The summed E-state index contributed by atoms with van der Waals surface area (Å²) >= 11 is 0. The molecule has 0 radical (unpaired) electrons. The van der Waals surface area contributed by atoms with E-state index in [-0.39, 0.29) is 5.69 Å². The Labute approximate surface area is 119 Å². The molecule has 0 aliphatic carbocycles. The molecule has 1 heterocycles. The van der Waals surface area contributed by atoms with E-state index in [0.29, 0.717) is 12.3 Å². The first kappa shape index (κ1) is 15.6. The van der Waals surface area contributed by atoms with Crippen molar-refractivity contribution in [3.8, 4) is 0 Å². The summed E-state index contributed by atoms with van der Waals surface area (Å²) in [7, 11) is 0. The molecule has 1 aromatic heterocycles. The molecular formula is C12H6F5N3O2. The van der Waals surface area contributed by atoms with Crippen LogP contribution < -0.4 is 5.32 Å². The van der Waals surface area contributed by atoms with Crippen molar-refractivity contribution in [1.82, 2.24) is 9.97 Å². The number of alkyl halides is 3. The lowest BCUT2D eigenvalue weighted by atomic mass is 10.2. The molecule has 0 fully saturated rings. The number of anilines is 2. The average molecular weight is 319 g/mol. The van der Waals surface area contributed by atoms with Crippen molar-refractivity contribution in [2.45, 2.75) is 6.18 Å². The smallest absolute Gasteiger partial charge is 0.434 e. The summed E-state index contributed by atoms with van der Waals surface area (Å²) in [6, 6.07) is 2.19. The quantitative estimate of drug-likeness (QED) is 0.850. The zero-order valence-electron chi connectivity index (χ0n) is 10.4. The van der Waals surface area contributed by atoms with Crippen molar-refractivity contribution in [2.75, 3.05) is 5.32 Å². The maximum absolute atomic E-state index is 13.0. The van der Waals surface area contributed by atoms with Crippen LogP contribution in [-0.2, 0) is 6.18 Å². The van der Waals surface area contributed by atoms with E-state index in [4.69, 9.17) is 5.11 Å². The number of hydrogen-bond donors (Lipinski definition) is 2. The molecule has 22 heavy (non-hydrogen) atoms. The van der Waals surface area contributed by atoms with E-state index in [1.165, 1.54) is 0 Å². The van der Waals surface area contributed by atoms with E-state index in [0.717, 1.165) is 12.1 Å². The Bertz CT molecular complexity index is 713. The third-order valence-electron chi connectivity index (χ3n) is 2.41. The van der Waals surface area contributed by atoms with E-state index in [9.17, 15) is 26.7 Å². The number of carbonyl (C=O) groups is 1. The zero-order chi connectivity index (χ0) is 16.5. The molecule has 2 aromatic rings. The molecule has 5 nitrogen and oxygen atoms in total. The Morgan fingerprint density at radius 1 is 1.14 bits per heavy atom. The highest BCUT2D eigenvalue weighted by molar-refractivity contribution is 5.88. The first-order valence-electron chi connectivity index (χ1n) is 5.57. The molecule has 0 saturated carbocycles. The number of benzene rings is 1. The number of nitrogens with one attached hydrogen (secondary N) is 1. The Hall–Kier alpha value is -2.78. The van der Waals surface area contributed by atoms with Crippen LogP contribution >= 0.6 is 0 Å². The average Bonchev–Trinajstić information content (AvgIpc) is 2.36. The van der Waals surface area contributed by atoms with E-state index < -0.39 is 41.0 Å². The molecule has 0 amide bonds. The summed E-state index contributed by atoms with van der Waals surface area (Å²) in [5.74, 6) is -4.42. The van der Waals surface area contributed by atoms with Gasteiger partial charge in [0.1, 0.15) is 17.2 Å². The SMILES string of the molecule is O=C(O)c1cnc(Nc2cc(F)cc(F)c2)nc1C(F)(F)F. The second-order valence-corrected chi connectivity index (χ2v) is 4.04. The predicted molar refractivity (Wildman–Crippen MR) is 63.6 cm³/mol. The van der Waals surface area contributed by atoms with Crippen LogP contribution in [0.3, 0.4) is 0 Å². The molecule has 0 aliphatic heterocycles. The lowest BCUT2D eigenvalue weighted by molar-refractivity contribution is -0.141. The van der Waals surface area contributed by atoms with Gasteiger partial charge in [-0.15, -0.1) is 0 Å². The van der Waals surface area contributed by atoms with E-state index in [2.05, 4.69) is 15.3 Å². The largest absolute Gasteiger partial charge is 0.478 e. The fourth-order valence-corrected chi connectivity index (χ4v) is 1.57. The summed E-state index contributed by atoms with van der Waals surface area (Å²) in [5.41, 5.74) is -3.04. The van der Waals surface area contributed by atoms with Gasteiger partial charge in [-0.1, -0.05) is 0 Å². The number of carboxylic acids is 1. The topological polar surface area (TPSA) is 75.1 Å². The normalized spacial score (nSPS) is 11.3. The molecule has 0 unspecified atom stereocenters. The third-order valence-corrected chi connectivity index (χ3v) is 2.41. The van der Waals surface area contributed by atoms with Crippen molar-refractivity contribution >= 4 is 17.6 Å². The molecule has 0 bridgehead atoms. The highest BCUT2D eigenvalue weighted by Gasteiger charge is 2.38. The molecule has 2 N–H and O–H groups in total. The number of rotatable bonds is 3. The van der Waals surface area contributed by atoms with Crippen LogP contribution in [0, 0.1) is 11.6 Å².